The summed E-state index contributed by atoms with van der Waals surface area (Å²) < 4.78 is 12.7. The fourth-order valence-corrected chi connectivity index (χ4v) is 1.48. The van der Waals surface area contributed by atoms with Gasteiger partial charge in [0.25, 0.3) is 0 Å². The van der Waals surface area contributed by atoms with E-state index in [1.807, 2.05) is 7.05 Å². The minimum Gasteiger partial charge on any atom is -0.329 e. The predicted molar refractivity (Wildman–Crippen MR) is 56.5 cm³/mol. The van der Waals surface area contributed by atoms with Crippen LogP contribution in [0.4, 0.5) is 4.39 Å². The third-order valence-electron chi connectivity index (χ3n) is 2.51. The fourth-order valence-electron chi connectivity index (χ4n) is 1.48. The summed E-state index contributed by atoms with van der Waals surface area (Å²) in [5.41, 5.74) is 6.75. The molecule has 0 aliphatic rings. The highest BCUT2D eigenvalue weighted by Crippen LogP contribution is 2.17. The molecule has 0 saturated carbocycles. The Labute approximate surface area is 84.5 Å². The van der Waals surface area contributed by atoms with Crippen LogP contribution in [0, 0.1) is 5.82 Å². The first kappa shape index (κ1) is 11.1. The highest BCUT2D eigenvalue weighted by atomic mass is 19.1. The van der Waals surface area contributed by atoms with Crippen molar-refractivity contribution in [3.8, 4) is 0 Å². The summed E-state index contributed by atoms with van der Waals surface area (Å²) in [6.45, 7) is 3.56. The summed E-state index contributed by atoms with van der Waals surface area (Å²) >= 11 is 0. The standard InChI is InChI=1S/C11H17FN2/c1-3-14(2)11(8-13)9-4-6-10(12)7-5-9/h4-7,11H,3,8,13H2,1-2H3. The minimum atomic E-state index is -0.205. The van der Waals surface area contributed by atoms with Gasteiger partial charge in [0.1, 0.15) is 5.82 Å². The van der Waals surface area contributed by atoms with Gasteiger partial charge in [-0.05, 0) is 31.3 Å². The molecule has 1 rings (SSSR count). The van der Waals surface area contributed by atoms with Gasteiger partial charge in [-0.15, -0.1) is 0 Å². The van der Waals surface area contributed by atoms with Crippen LogP contribution in [0.15, 0.2) is 24.3 Å². The van der Waals surface area contributed by atoms with E-state index in [1.165, 1.54) is 12.1 Å². The van der Waals surface area contributed by atoms with Crippen molar-refractivity contribution in [1.82, 2.24) is 4.90 Å². The number of hydrogen-bond acceptors (Lipinski definition) is 2. The van der Waals surface area contributed by atoms with Gasteiger partial charge in [0.2, 0.25) is 0 Å². The maximum Gasteiger partial charge on any atom is 0.123 e. The van der Waals surface area contributed by atoms with E-state index >= 15 is 0 Å². The topological polar surface area (TPSA) is 29.3 Å². The van der Waals surface area contributed by atoms with Gasteiger partial charge in [0, 0.05) is 12.6 Å². The van der Waals surface area contributed by atoms with Crippen molar-refractivity contribution >= 4 is 0 Å². The molecule has 0 amide bonds. The molecule has 0 saturated heterocycles. The van der Waals surface area contributed by atoms with Gasteiger partial charge >= 0.3 is 0 Å². The average molecular weight is 196 g/mol. The molecule has 0 heterocycles. The zero-order valence-electron chi connectivity index (χ0n) is 8.70. The van der Waals surface area contributed by atoms with Crippen LogP contribution in [0.25, 0.3) is 0 Å². The number of hydrogen-bond donors (Lipinski definition) is 1. The van der Waals surface area contributed by atoms with E-state index in [2.05, 4.69) is 11.8 Å². The highest BCUT2D eigenvalue weighted by Gasteiger charge is 2.13. The second-order valence-corrected chi connectivity index (χ2v) is 3.38. The Hall–Kier alpha value is -0.930. The molecule has 2 nitrogen and oxygen atoms in total. The second-order valence-electron chi connectivity index (χ2n) is 3.38. The normalized spacial score (nSPS) is 13.2. The molecule has 2 N–H and O–H groups in total. The quantitative estimate of drug-likeness (QED) is 0.795. The van der Waals surface area contributed by atoms with Crippen LogP contribution < -0.4 is 5.73 Å². The lowest BCUT2D eigenvalue weighted by molar-refractivity contribution is 0.263. The molecule has 0 aliphatic carbocycles. The molecule has 1 unspecified atom stereocenters. The van der Waals surface area contributed by atoms with Gasteiger partial charge in [-0.3, -0.25) is 4.90 Å². The number of likely N-dealkylation sites (N-methyl/N-ethyl adjacent to an activating group) is 1. The van der Waals surface area contributed by atoms with Crippen molar-refractivity contribution in [2.45, 2.75) is 13.0 Å². The lowest BCUT2D eigenvalue weighted by atomic mass is 10.1. The number of nitrogens with two attached hydrogens (primary N) is 1. The molecule has 0 spiro atoms. The largest absolute Gasteiger partial charge is 0.329 e. The molecule has 3 heteroatoms. The van der Waals surface area contributed by atoms with E-state index in [-0.39, 0.29) is 11.9 Å². The van der Waals surface area contributed by atoms with Crippen molar-refractivity contribution in [3.05, 3.63) is 35.6 Å². The molecule has 1 aromatic rings. The SMILES string of the molecule is CCN(C)C(CN)c1ccc(F)cc1. The van der Waals surface area contributed by atoms with E-state index in [0.29, 0.717) is 6.54 Å². The number of nitrogens with zero attached hydrogens (tertiary/aromatic N) is 1. The number of rotatable bonds is 4. The maximum absolute atomic E-state index is 12.7. The van der Waals surface area contributed by atoms with Crippen LogP contribution in [0.3, 0.4) is 0 Å². The second kappa shape index (κ2) is 5.08. The Bertz CT molecular complexity index is 271. The average Bonchev–Trinajstić information content (AvgIpc) is 2.21. The van der Waals surface area contributed by atoms with Crippen molar-refractivity contribution in [1.29, 1.82) is 0 Å². The molecule has 78 valence electrons. The zero-order valence-corrected chi connectivity index (χ0v) is 8.70. The van der Waals surface area contributed by atoms with E-state index in [0.717, 1.165) is 12.1 Å². The van der Waals surface area contributed by atoms with Crippen molar-refractivity contribution in [2.75, 3.05) is 20.1 Å². The maximum atomic E-state index is 12.7. The van der Waals surface area contributed by atoms with Gasteiger partial charge in [-0.25, -0.2) is 4.39 Å². The van der Waals surface area contributed by atoms with Crippen molar-refractivity contribution < 1.29 is 4.39 Å². The Morgan fingerprint density at radius 3 is 2.36 bits per heavy atom. The number of halogens is 1. The summed E-state index contributed by atoms with van der Waals surface area (Å²) in [6.07, 6.45) is 0. The van der Waals surface area contributed by atoms with E-state index in [1.54, 1.807) is 12.1 Å². The van der Waals surface area contributed by atoms with E-state index < -0.39 is 0 Å². The molecule has 1 atom stereocenters. The molecular formula is C11H17FN2. The van der Waals surface area contributed by atoms with Crippen molar-refractivity contribution in [3.63, 3.8) is 0 Å². The van der Waals surface area contributed by atoms with Crippen LogP contribution in [-0.4, -0.2) is 25.0 Å². The Balaban J connectivity index is 2.84. The number of benzene rings is 1. The molecule has 0 bridgehead atoms. The first-order valence-corrected chi connectivity index (χ1v) is 4.84. The van der Waals surface area contributed by atoms with Crippen LogP contribution in [0.5, 0.6) is 0 Å². The molecule has 1 aromatic carbocycles. The zero-order chi connectivity index (χ0) is 10.6. The smallest absolute Gasteiger partial charge is 0.123 e. The predicted octanol–water partition coefficient (Wildman–Crippen LogP) is 1.78. The van der Waals surface area contributed by atoms with Crippen LogP contribution in [-0.2, 0) is 0 Å². The summed E-state index contributed by atoms with van der Waals surface area (Å²) in [5, 5.41) is 0. The Morgan fingerprint density at radius 2 is 1.93 bits per heavy atom. The minimum absolute atomic E-state index is 0.181. The highest BCUT2D eigenvalue weighted by molar-refractivity contribution is 5.20. The van der Waals surface area contributed by atoms with Crippen LogP contribution >= 0.6 is 0 Å². The first-order valence-electron chi connectivity index (χ1n) is 4.84. The van der Waals surface area contributed by atoms with Gasteiger partial charge < -0.3 is 5.73 Å². The molecule has 0 aromatic heterocycles. The fraction of sp³-hybridized carbons (Fsp3) is 0.455. The third kappa shape index (κ3) is 2.53. The Kier molecular flexibility index (Phi) is 4.04. The van der Waals surface area contributed by atoms with Gasteiger partial charge in [0.05, 0.1) is 0 Å². The molecule has 0 aliphatic heterocycles. The summed E-state index contributed by atoms with van der Waals surface area (Å²) in [4.78, 5) is 2.15. The summed E-state index contributed by atoms with van der Waals surface area (Å²) in [5.74, 6) is -0.205. The van der Waals surface area contributed by atoms with E-state index in [9.17, 15) is 4.39 Å². The van der Waals surface area contributed by atoms with Gasteiger partial charge in [-0.2, -0.15) is 0 Å². The summed E-state index contributed by atoms with van der Waals surface area (Å²) in [6, 6.07) is 6.71. The molecule has 0 radical (unpaired) electrons. The van der Waals surface area contributed by atoms with Crippen molar-refractivity contribution in [2.24, 2.45) is 5.73 Å². The van der Waals surface area contributed by atoms with Gasteiger partial charge in [0.15, 0.2) is 0 Å². The van der Waals surface area contributed by atoms with Crippen LogP contribution in [0.1, 0.15) is 18.5 Å². The monoisotopic (exact) mass is 196 g/mol. The molecule has 14 heavy (non-hydrogen) atoms. The van der Waals surface area contributed by atoms with E-state index in [4.69, 9.17) is 5.73 Å². The van der Waals surface area contributed by atoms with Crippen LogP contribution in [0.2, 0.25) is 0 Å². The molecule has 0 fully saturated rings. The summed E-state index contributed by atoms with van der Waals surface area (Å²) in [7, 11) is 2.01. The Morgan fingerprint density at radius 1 is 1.36 bits per heavy atom. The molecular weight excluding hydrogens is 179 g/mol. The third-order valence-corrected chi connectivity index (χ3v) is 2.51. The lowest BCUT2D eigenvalue weighted by Crippen LogP contribution is -2.30. The lowest BCUT2D eigenvalue weighted by Gasteiger charge is -2.25. The van der Waals surface area contributed by atoms with Gasteiger partial charge in [-0.1, -0.05) is 19.1 Å². The first-order chi connectivity index (χ1) is 6.69.